The Morgan fingerprint density at radius 2 is 2.00 bits per heavy atom. The van der Waals surface area contributed by atoms with E-state index in [0.717, 1.165) is 0 Å². The fourth-order valence-electron chi connectivity index (χ4n) is 4.47. The Morgan fingerprint density at radius 3 is 2.64 bits per heavy atom. The Hall–Kier alpha value is -3.87. The Labute approximate surface area is 225 Å². The van der Waals surface area contributed by atoms with Crippen molar-refractivity contribution in [2.75, 3.05) is 19.4 Å². The van der Waals surface area contributed by atoms with Crippen LogP contribution in [-0.2, 0) is 15.3 Å². The molecule has 3 heterocycles. The van der Waals surface area contributed by atoms with E-state index in [9.17, 15) is 14.1 Å². The molecule has 206 valence electrons. The van der Waals surface area contributed by atoms with Crippen LogP contribution < -0.4 is 10.1 Å². The van der Waals surface area contributed by atoms with Crippen molar-refractivity contribution in [3.05, 3.63) is 48.0 Å². The van der Waals surface area contributed by atoms with Crippen molar-refractivity contribution in [1.82, 2.24) is 20.4 Å². The fraction of sp³-hybridized carbons (Fsp3) is 0.423. The summed E-state index contributed by atoms with van der Waals surface area (Å²) in [6.07, 6.45) is 4.06. The van der Waals surface area contributed by atoms with Gasteiger partial charge >= 0.3 is 6.09 Å². The van der Waals surface area contributed by atoms with E-state index in [2.05, 4.69) is 29.8 Å². The van der Waals surface area contributed by atoms with E-state index in [4.69, 9.17) is 9.26 Å². The maximum absolute atomic E-state index is 15.3. The van der Waals surface area contributed by atoms with Gasteiger partial charge in [-0.25, -0.2) is 27.7 Å². The first-order valence-electron chi connectivity index (χ1n) is 12.4. The topological polar surface area (TPSA) is 152 Å². The Bertz CT molecular complexity index is 1570. The Morgan fingerprint density at radius 1 is 1.23 bits per heavy atom. The summed E-state index contributed by atoms with van der Waals surface area (Å²) >= 11 is 0. The largest absolute Gasteiger partial charge is 0.476 e. The van der Waals surface area contributed by atoms with Crippen molar-refractivity contribution < 1.29 is 27.8 Å². The van der Waals surface area contributed by atoms with Crippen molar-refractivity contribution in [3.8, 4) is 28.6 Å². The first kappa shape index (κ1) is 26.7. The zero-order valence-electron chi connectivity index (χ0n) is 22.0. The molecule has 0 radical (unpaired) electrons. The number of ether oxygens (including phenoxy) is 1. The quantitative estimate of drug-likeness (QED) is 0.450. The summed E-state index contributed by atoms with van der Waals surface area (Å²) in [7, 11) is -1.64. The van der Waals surface area contributed by atoms with E-state index >= 15 is 4.39 Å². The lowest BCUT2D eigenvalue weighted by atomic mass is 9.91. The van der Waals surface area contributed by atoms with E-state index in [1.165, 1.54) is 44.3 Å². The van der Waals surface area contributed by atoms with Gasteiger partial charge in [-0.1, -0.05) is 5.16 Å². The predicted octanol–water partition coefficient (Wildman–Crippen LogP) is 4.50. The van der Waals surface area contributed by atoms with E-state index in [1.807, 2.05) is 0 Å². The van der Waals surface area contributed by atoms with Crippen LogP contribution in [0, 0.1) is 11.7 Å². The van der Waals surface area contributed by atoms with Crippen LogP contribution in [0.1, 0.15) is 39.2 Å². The molecule has 39 heavy (non-hydrogen) atoms. The molecule has 2 N–H and O–H groups in total. The summed E-state index contributed by atoms with van der Waals surface area (Å²) in [6.45, 7) is 5.44. The van der Waals surface area contributed by atoms with Gasteiger partial charge in [-0.15, -0.1) is 0 Å². The number of carboxylic acid groups (broad SMARTS) is 1. The zero-order chi connectivity index (χ0) is 28.0. The third-order valence-corrected chi connectivity index (χ3v) is 10.5. The number of hydrogen-bond donors (Lipinski definition) is 2. The molecule has 3 aromatic rings. The number of rotatable bonds is 6. The average Bonchev–Trinajstić information content (AvgIpc) is 3.60. The third-order valence-electron chi connectivity index (χ3n) is 7.12. The molecule has 1 aliphatic heterocycles. The molecule has 0 bridgehead atoms. The van der Waals surface area contributed by atoms with Crippen molar-refractivity contribution >= 4 is 21.7 Å². The van der Waals surface area contributed by atoms with Gasteiger partial charge in [0.25, 0.3) is 0 Å². The zero-order valence-corrected chi connectivity index (χ0v) is 22.8. The van der Waals surface area contributed by atoms with Gasteiger partial charge < -0.3 is 14.4 Å². The molecule has 0 spiro atoms. The smallest absolute Gasteiger partial charge is 0.410 e. The summed E-state index contributed by atoms with van der Waals surface area (Å²) in [5, 5.41) is 15.7. The summed E-state index contributed by atoms with van der Waals surface area (Å²) < 4.78 is 43.2. The van der Waals surface area contributed by atoms with Crippen LogP contribution in [0.3, 0.4) is 0 Å². The molecule has 13 heteroatoms. The average molecular weight is 557 g/mol. The number of amidine groups is 1. The minimum Gasteiger partial charge on any atom is -0.476 e. The number of nitrogens with one attached hydrogen (secondary N) is 1. The third kappa shape index (κ3) is 5.10. The van der Waals surface area contributed by atoms with Gasteiger partial charge in [0.05, 0.1) is 34.5 Å². The number of aliphatic imine (C=N–C) groups is 1. The van der Waals surface area contributed by atoms with E-state index < -0.39 is 31.9 Å². The lowest BCUT2D eigenvalue weighted by Crippen LogP contribution is -2.57. The van der Waals surface area contributed by atoms with Crippen LogP contribution in [-0.4, -0.2) is 60.5 Å². The van der Waals surface area contributed by atoms with Crippen LogP contribution in [0.4, 0.5) is 9.18 Å². The molecule has 2 atom stereocenters. The molecule has 2 aliphatic rings. The number of aromatic nitrogens is 3. The lowest BCUT2D eigenvalue weighted by molar-refractivity contribution is 0.199. The SMILES string of the molecule is CN=[S@@]1(=O)C[C@@](C)(c2cc(-c3cc(-c4cnc(OCC5CC5)cn4)no3)ccc2F)N=C(NC(=O)O)C1(C)C. The molecule has 1 amide bonds. The predicted molar refractivity (Wildman–Crippen MR) is 143 cm³/mol. The van der Waals surface area contributed by atoms with Crippen molar-refractivity contribution in [2.24, 2.45) is 15.3 Å². The molecule has 1 aliphatic carbocycles. The van der Waals surface area contributed by atoms with Gasteiger partial charge in [0.15, 0.2) is 5.76 Å². The molecule has 2 aromatic heterocycles. The number of benzene rings is 1. The monoisotopic (exact) mass is 556 g/mol. The van der Waals surface area contributed by atoms with Crippen molar-refractivity contribution in [2.45, 2.75) is 43.9 Å². The maximum atomic E-state index is 15.3. The highest BCUT2D eigenvalue weighted by molar-refractivity contribution is 7.95. The van der Waals surface area contributed by atoms with E-state index in [0.29, 0.717) is 41.1 Å². The lowest BCUT2D eigenvalue weighted by Gasteiger charge is -2.41. The minimum absolute atomic E-state index is 0.0470. The van der Waals surface area contributed by atoms with E-state index in [1.54, 1.807) is 33.0 Å². The van der Waals surface area contributed by atoms with Crippen LogP contribution in [0.25, 0.3) is 22.7 Å². The number of nitrogens with zero attached hydrogens (tertiary/aromatic N) is 5. The second-order valence-electron chi connectivity index (χ2n) is 10.4. The number of hydrogen-bond acceptors (Lipinski definition) is 9. The first-order chi connectivity index (χ1) is 18.4. The molecule has 0 saturated heterocycles. The maximum Gasteiger partial charge on any atom is 0.410 e. The second-order valence-corrected chi connectivity index (χ2v) is 13.4. The van der Waals surface area contributed by atoms with Crippen molar-refractivity contribution in [3.63, 3.8) is 0 Å². The van der Waals surface area contributed by atoms with Crippen LogP contribution >= 0.6 is 0 Å². The molecular weight excluding hydrogens is 527 g/mol. The van der Waals surface area contributed by atoms with E-state index in [-0.39, 0.29) is 17.2 Å². The summed E-state index contributed by atoms with van der Waals surface area (Å²) in [5.74, 6) is 0.630. The number of amides is 1. The molecule has 5 rings (SSSR count). The van der Waals surface area contributed by atoms with Gasteiger partial charge in [0.1, 0.15) is 33.3 Å². The van der Waals surface area contributed by atoms with Gasteiger partial charge in [-0.3, -0.25) is 10.3 Å². The Balaban J connectivity index is 1.47. The molecule has 1 fully saturated rings. The highest BCUT2D eigenvalue weighted by Crippen LogP contribution is 2.40. The van der Waals surface area contributed by atoms with Crippen LogP contribution in [0.2, 0.25) is 0 Å². The molecule has 0 unspecified atom stereocenters. The highest BCUT2D eigenvalue weighted by Gasteiger charge is 2.49. The highest BCUT2D eigenvalue weighted by atomic mass is 32.2. The van der Waals surface area contributed by atoms with Gasteiger partial charge in [0.2, 0.25) is 5.88 Å². The molecular formula is C26H29FN6O5S. The number of carbonyl (C=O) groups is 1. The van der Waals surface area contributed by atoms with Gasteiger partial charge in [0, 0.05) is 24.2 Å². The molecule has 1 aromatic carbocycles. The van der Waals surface area contributed by atoms with Crippen LogP contribution in [0.5, 0.6) is 5.88 Å². The number of halogens is 1. The standard InChI is InChI=1S/C26H29FN6O5S/c1-25(2)23(31-24(34)35)32-26(3,14-39(25,36)28-4)17-9-16(7-8-18(17)27)21-10-19(33-38-21)20-11-30-22(12-29-20)37-13-15-5-6-15/h7-12,15H,5-6,13-14H2,1-4H3,(H,31,32)(H,34,35)/t26-,39+/m0/s1. The van der Waals surface area contributed by atoms with Gasteiger partial charge in [-0.05, 0) is 57.7 Å². The summed E-state index contributed by atoms with van der Waals surface area (Å²) in [5.41, 5.74) is 0.143. The molecule has 11 nitrogen and oxygen atoms in total. The summed E-state index contributed by atoms with van der Waals surface area (Å²) in [6, 6.07) is 5.98. The molecule has 1 saturated carbocycles. The normalized spacial score (nSPS) is 24.1. The van der Waals surface area contributed by atoms with Crippen LogP contribution in [0.15, 0.2) is 50.5 Å². The minimum atomic E-state index is -3.05. The fourth-order valence-corrected chi connectivity index (χ4v) is 6.80. The van der Waals surface area contributed by atoms with Crippen molar-refractivity contribution in [1.29, 1.82) is 0 Å². The van der Waals surface area contributed by atoms with Gasteiger partial charge in [-0.2, -0.15) is 0 Å². The Kier molecular flexibility index (Phi) is 6.65. The second kappa shape index (κ2) is 9.70. The first-order valence-corrected chi connectivity index (χ1v) is 14.1. The summed E-state index contributed by atoms with van der Waals surface area (Å²) in [4.78, 5) is 24.7.